The highest BCUT2D eigenvalue weighted by Crippen LogP contribution is 2.32. The van der Waals surface area contributed by atoms with E-state index in [1.807, 2.05) is 83.8 Å². The molecule has 0 saturated heterocycles. The Balaban J connectivity index is 1.29. The van der Waals surface area contributed by atoms with Crippen molar-refractivity contribution in [2.75, 3.05) is 13.1 Å². The standard InChI is InChI=1S/C33H31N3O2/c34-21-27-13-14-32(38-24-26-9-5-2-6-10-26)31(20-27)29-15-17-36(18-16-29)33(37)30-19-28(22-35-23-30)12-11-25-7-3-1-4-8-25/h1-15,19-20,22-23H,16-18,21,24,34H2. The zero-order valence-corrected chi connectivity index (χ0v) is 21.3. The molecule has 38 heavy (non-hydrogen) atoms. The van der Waals surface area contributed by atoms with Crippen molar-refractivity contribution in [1.82, 2.24) is 9.88 Å². The number of rotatable bonds is 8. The second kappa shape index (κ2) is 12.2. The fourth-order valence-electron chi connectivity index (χ4n) is 4.52. The van der Waals surface area contributed by atoms with Gasteiger partial charge in [0.1, 0.15) is 12.4 Å². The van der Waals surface area contributed by atoms with Crippen molar-refractivity contribution in [1.29, 1.82) is 0 Å². The molecule has 0 spiro atoms. The highest BCUT2D eigenvalue weighted by Gasteiger charge is 2.21. The molecule has 5 rings (SSSR count). The number of carbonyl (C=O) groups is 1. The van der Waals surface area contributed by atoms with Gasteiger partial charge in [-0.15, -0.1) is 0 Å². The van der Waals surface area contributed by atoms with Crippen molar-refractivity contribution in [3.63, 3.8) is 0 Å². The third-order valence-corrected chi connectivity index (χ3v) is 6.63. The van der Waals surface area contributed by atoms with Crippen LogP contribution in [0.3, 0.4) is 0 Å². The summed E-state index contributed by atoms with van der Waals surface area (Å²) in [5.74, 6) is 0.818. The van der Waals surface area contributed by atoms with E-state index < -0.39 is 0 Å². The first-order valence-electron chi connectivity index (χ1n) is 12.9. The van der Waals surface area contributed by atoms with Gasteiger partial charge in [0, 0.05) is 37.6 Å². The molecule has 1 aromatic heterocycles. The summed E-state index contributed by atoms with van der Waals surface area (Å²) in [4.78, 5) is 19.5. The molecule has 0 unspecified atom stereocenters. The fraction of sp³-hybridized carbons (Fsp3) is 0.152. The number of pyridine rings is 1. The van der Waals surface area contributed by atoms with Gasteiger partial charge in [0.25, 0.3) is 5.91 Å². The van der Waals surface area contributed by atoms with Crippen molar-refractivity contribution >= 4 is 23.6 Å². The summed E-state index contributed by atoms with van der Waals surface area (Å²) in [7, 11) is 0. The number of amides is 1. The lowest BCUT2D eigenvalue weighted by Crippen LogP contribution is -2.34. The number of aromatic nitrogens is 1. The average molecular weight is 502 g/mol. The minimum absolute atomic E-state index is 0.0148. The summed E-state index contributed by atoms with van der Waals surface area (Å²) in [6.45, 7) is 2.12. The number of ether oxygens (including phenoxy) is 1. The number of carbonyl (C=O) groups excluding carboxylic acids is 1. The Morgan fingerprint density at radius 3 is 2.39 bits per heavy atom. The van der Waals surface area contributed by atoms with Crippen molar-refractivity contribution in [3.05, 3.63) is 137 Å². The van der Waals surface area contributed by atoms with Crippen LogP contribution >= 0.6 is 0 Å². The van der Waals surface area contributed by atoms with Crippen LogP contribution in [0.5, 0.6) is 5.75 Å². The Morgan fingerprint density at radius 1 is 0.895 bits per heavy atom. The molecule has 2 heterocycles. The van der Waals surface area contributed by atoms with Crippen LogP contribution in [0.2, 0.25) is 0 Å². The summed E-state index contributed by atoms with van der Waals surface area (Å²) in [5, 5.41) is 0. The molecule has 4 aromatic rings. The summed E-state index contributed by atoms with van der Waals surface area (Å²) in [6.07, 6.45) is 10.3. The normalized spacial score (nSPS) is 13.4. The SMILES string of the molecule is NCc1ccc(OCc2ccccc2)c(C2=CCN(C(=O)c3cncc(C=Cc4ccccc4)c3)CC2)c1. The van der Waals surface area contributed by atoms with E-state index in [1.165, 1.54) is 5.57 Å². The Labute approximate surface area is 223 Å². The Morgan fingerprint density at radius 2 is 1.66 bits per heavy atom. The number of nitrogens with zero attached hydrogens (tertiary/aromatic N) is 2. The molecule has 1 amide bonds. The number of hydrogen-bond donors (Lipinski definition) is 1. The molecule has 2 N–H and O–H groups in total. The molecule has 0 atom stereocenters. The molecule has 5 nitrogen and oxygen atoms in total. The van der Waals surface area contributed by atoms with Gasteiger partial charge in [0.05, 0.1) is 5.56 Å². The molecular formula is C33H31N3O2. The van der Waals surface area contributed by atoms with Crippen molar-refractivity contribution in [2.24, 2.45) is 5.73 Å². The molecule has 1 aliphatic heterocycles. The van der Waals surface area contributed by atoms with Crippen LogP contribution in [-0.4, -0.2) is 28.9 Å². The second-order valence-corrected chi connectivity index (χ2v) is 9.29. The minimum Gasteiger partial charge on any atom is -0.488 e. The monoisotopic (exact) mass is 501 g/mol. The van der Waals surface area contributed by atoms with E-state index in [4.69, 9.17) is 10.5 Å². The Kier molecular flexibility index (Phi) is 8.07. The molecule has 3 aromatic carbocycles. The third-order valence-electron chi connectivity index (χ3n) is 6.63. The van der Waals surface area contributed by atoms with Crippen molar-refractivity contribution in [3.8, 4) is 5.75 Å². The zero-order valence-electron chi connectivity index (χ0n) is 21.3. The highest BCUT2D eigenvalue weighted by atomic mass is 16.5. The topological polar surface area (TPSA) is 68.5 Å². The van der Waals surface area contributed by atoms with Crippen LogP contribution in [0.25, 0.3) is 17.7 Å². The predicted octanol–water partition coefficient (Wildman–Crippen LogP) is 6.22. The van der Waals surface area contributed by atoms with Gasteiger partial charge in [-0.1, -0.05) is 85.0 Å². The largest absolute Gasteiger partial charge is 0.488 e. The lowest BCUT2D eigenvalue weighted by atomic mass is 9.96. The summed E-state index contributed by atoms with van der Waals surface area (Å²) >= 11 is 0. The second-order valence-electron chi connectivity index (χ2n) is 9.29. The minimum atomic E-state index is -0.0148. The van der Waals surface area contributed by atoms with Gasteiger partial charge in [0.2, 0.25) is 0 Å². The van der Waals surface area contributed by atoms with Gasteiger partial charge >= 0.3 is 0 Å². The first kappa shape index (κ1) is 25.2. The highest BCUT2D eigenvalue weighted by molar-refractivity contribution is 5.95. The van der Waals surface area contributed by atoms with Gasteiger partial charge in [-0.05, 0) is 52.4 Å². The molecule has 0 aliphatic carbocycles. The molecular weight excluding hydrogens is 470 g/mol. The van der Waals surface area contributed by atoms with Crippen LogP contribution in [-0.2, 0) is 13.2 Å². The maximum atomic E-state index is 13.3. The van der Waals surface area contributed by atoms with Crippen LogP contribution in [0.1, 0.15) is 44.6 Å². The van der Waals surface area contributed by atoms with Crippen molar-refractivity contribution in [2.45, 2.75) is 19.6 Å². The molecule has 0 fully saturated rings. The Bertz CT molecular complexity index is 1450. The molecule has 190 valence electrons. The fourth-order valence-corrected chi connectivity index (χ4v) is 4.52. The van der Waals surface area contributed by atoms with Crippen LogP contribution < -0.4 is 10.5 Å². The molecule has 0 bridgehead atoms. The van der Waals surface area contributed by atoms with E-state index in [0.29, 0.717) is 31.8 Å². The number of nitrogens with two attached hydrogens (primary N) is 1. The quantitative estimate of drug-likeness (QED) is 0.311. The van der Waals surface area contributed by atoms with Crippen LogP contribution in [0.4, 0.5) is 0 Å². The molecule has 0 radical (unpaired) electrons. The first-order chi connectivity index (χ1) is 18.7. The summed E-state index contributed by atoms with van der Waals surface area (Å²) in [5.41, 5.74) is 12.9. The van der Waals surface area contributed by atoms with Gasteiger partial charge < -0.3 is 15.4 Å². The smallest absolute Gasteiger partial charge is 0.255 e. The van der Waals surface area contributed by atoms with E-state index in [1.54, 1.807) is 12.4 Å². The van der Waals surface area contributed by atoms with Gasteiger partial charge in [0.15, 0.2) is 0 Å². The molecule has 5 heteroatoms. The van der Waals surface area contributed by atoms with Gasteiger partial charge in [-0.3, -0.25) is 9.78 Å². The van der Waals surface area contributed by atoms with Crippen LogP contribution in [0, 0.1) is 0 Å². The van der Waals surface area contributed by atoms with Gasteiger partial charge in [-0.25, -0.2) is 0 Å². The Hall–Kier alpha value is -4.48. The van der Waals surface area contributed by atoms with E-state index in [0.717, 1.165) is 40.0 Å². The number of benzene rings is 3. The maximum Gasteiger partial charge on any atom is 0.255 e. The zero-order chi connectivity index (χ0) is 26.2. The van der Waals surface area contributed by atoms with Crippen LogP contribution in [0.15, 0.2) is 103 Å². The maximum absolute atomic E-state index is 13.3. The van der Waals surface area contributed by atoms with Crippen molar-refractivity contribution < 1.29 is 9.53 Å². The van der Waals surface area contributed by atoms with E-state index in [2.05, 4.69) is 29.3 Å². The molecule has 0 saturated carbocycles. The van der Waals surface area contributed by atoms with E-state index in [-0.39, 0.29) is 5.91 Å². The van der Waals surface area contributed by atoms with E-state index in [9.17, 15) is 4.79 Å². The molecule has 1 aliphatic rings. The lowest BCUT2D eigenvalue weighted by Gasteiger charge is -2.27. The summed E-state index contributed by atoms with van der Waals surface area (Å²) < 4.78 is 6.21. The third kappa shape index (κ3) is 6.25. The first-order valence-corrected chi connectivity index (χ1v) is 12.9. The van der Waals surface area contributed by atoms with Gasteiger partial charge in [-0.2, -0.15) is 0 Å². The summed E-state index contributed by atoms with van der Waals surface area (Å²) in [6, 6.07) is 28.2. The lowest BCUT2D eigenvalue weighted by molar-refractivity contribution is 0.0772. The predicted molar refractivity (Wildman–Crippen MR) is 153 cm³/mol. The number of hydrogen-bond acceptors (Lipinski definition) is 4. The van der Waals surface area contributed by atoms with E-state index >= 15 is 0 Å². The average Bonchev–Trinajstić information content (AvgIpc) is 3.00.